The van der Waals surface area contributed by atoms with Crippen molar-refractivity contribution in [2.75, 3.05) is 0 Å². The molecule has 3 rings (SSSR count). The second-order valence-corrected chi connectivity index (χ2v) is 7.56. The molecule has 2 heterocycles. The summed E-state index contributed by atoms with van der Waals surface area (Å²) in [5.74, 6) is 0.497. The quantitative estimate of drug-likeness (QED) is 0.370. The van der Waals surface area contributed by atoms with E-state index in [2.05, 4.69) is 16.9 Å². The van der Waals surface area contributed by atoms with Crippen LogP contribution in [0.15, 0.2) is 63.6 Å². The Kier molecular flexibility index (Phi) is 6.03. The van der Waals surface area contributed by atoms with Crippen molar-refractivity contribution < 1.29 is 9.21 Å². The van der Waals surface area contributed by atoms with Crippen LogP contribution in [-0.4, -0.2) is 20.7 Å². The van der Waals surface area contributed by atoms with Crippen molar-refractivity contribution in [1.29, 1.82) is 0 Å². The highest BCUT2D eigenvalue weighted by molar-refractivity contribution is 8.00. The molecule has 1 aromatic carbocycles. The van der Waals surface area contributed by atoms with Gasteiger partial charge in [0.15, 0.2) is 5.16 Å². The number of benzene rings is 1. The van der Waals surface area contributed by atoms with Gasteiger partial charge in [-0.15, -0.1) is 6.58 Å². The first kappa shape index (κ1) is 19.3. The van der Waals surface area contributed by atoms with Crippen LogP contribution >= 0.6 is 23.4 Å². The van der Waals surface area contributed by atoms with Gasteiger partial charge < -0.3 is 9.73 Å². The average molecular weight is 404 g/mol. The monoisotopic (exact) mass is 403 g/mol. The van der Waals surface area contributed by atoms with Crippen molar-refractivity contribution in [3.05, 3.63) is 70.4 Å². The van der Waals surface area contributed by atoms with Crippen LogP contribution in [0.5, 0.6) is 0 Å². The van der Waals surface area contributed by atoms with E-state index in [1.54, 1.807) is 49.6 Å². The standard InChI is InChI=1S/C19H18ClN3O3S/c1-3-8-23-18(25)15-10-13(20)6-7-16(15)22-19(23)27-12(2)17(24)21-11-14-5-4-9-26-14/h3-7,9-10,12H,1,8,11H2,2H3,(H,21,24)/t12-/m1/s1. The lowest BCUT2D eigenvalue weighted by molar-refractivity contribution is -0.120. The fourth-order valence-electron chi connectivity index (χ4n) is 2.50. The maximum absolute atomic E-state index is 12.8. The molecule has 0 bridgehead atoms. The number of hydrogen-bond donors (Lipinski definition) is 1. The van der Waals surface area contributed by atoms with Gasteiger partial charge in [-0.25, -0.2) is 4.98 Å². The number of nitrogens with one attached hydrogen (secondary N) is 1. The Morgan fingerprint density at radius 2 is 2.30 bits per heavy atom. The van der Waals surface area contributed by atoms with E-state index in [0.29, 0.717) is 33.4 Å². The number of aromatic nitrogens is 2. The number of thioether (sulfide) groups is 1. The summed E-state index contributed by atoms with van der Waals surface area (Å²) < 4.78 is 6.70. The van der Waals surface area contributed by atoms with E-state index in [-0.39, 0.29) is 18.0 Å². The third-order valence-electron chi connectivity index (χ3n) is 3.86. The highest BCUT2D eigenvalue weighted by atomic mass is 35.5. The molecule has 8 heteroatoms. The van der Waals surface area contributed by atoms with Crippen molar-refractivity contribution >= 4 is 40.2 Å². The molecule has 2 aromatic heterocycles. The molecule has 140 valence electrons. The highest BCUT2D eigenvalue weighted by Crippen LogP contribution is 2.24. The number of hydrogen-bond acceptors (Lipinski definition) is 5. The summed E-state index contributed by atoms with van der Waals surface area (Å²) in [4.78, 5) is 29.7. The van der Waals surface area contributed by atoms with Gasteiger partial charge in [-0.05, 0) is 37.3 Å². The Labute approximate surface area is 165 Å². The van der Waals surface area contributed by atoms with Gasteiger partial charge in [0.1, 0.15) is 5.76 Å². The van der Waals surface area contributed by atoms with E-state index in [1.807, 2.05) is 0 Å². The maximum Gasteiger partial charge on any atom is 0.262 e. The first-order valence-corrected chi connectivity index (χ1v) is 9.53. The topological polar surface area (TPSA) is 77.1 Å². The van der Waals surface area contributed by atoms with Crippen LogP contribution in [0.2, 0.25) is 5.02 Å². The summed E-state index contributed by atoms with van der Waals surface area (Å²) in [5.41, 5.74) is 0.323. The fraction of sp³-hybridized carbons (Fsp3) is 0.211. The fourth-order valence-corrected chi connectivity index (χ4v) is 3.61. The molecule has 0 unspecified atom stereocenters. The van der Waals surface area contributed by atoms with E-state index >= 15 is 0 Å². The zero-order chi connectivity index (χ0) is 19.4. The Balaban J connectivity index is 1.85. The summed E-state index contributed by atoms with van der Waals surface area (Å²) >= 11 is 7.22. The summed E-state index contributed by atoms with van der Waals surface area (Å²) in [7, 11) is 0. The number of carbonyl (C=O) groups excluding carboxylic acids is 1. The average Bonchev–Trinajstić information content (AvgIpc) is 3.17. The van der Waals surface area contributed by atoms with Gasteiger partial charge in [-0.1, -0.05) is 29.4 Å². The van der Waals surface area contributed by atoms with Gasteiger partial charge in [0.25, 0.3) is 5.56 Å². The lowest BCUT2D eigenvalue weighted by atomic mass is 10.2. The van der Waals surface area contributed by atoms with E-state index in [4.69, 9.17) is 16.0 Å². The SMILES string of the molecule is C=CCn1c(S[C@H](C)C(=O)NCc2ccco2)nc2ccc(Cl)cc2c1=O. The van der Waals surface area contributed by atoms with Gasteiger partial charge in [0.2, 0.25) is 5.91 Å². The highest BCUT2D eigenvalue weighted by Gasteiger charge is 2.19. The molecule has 3 aromatic rings. The number of nitrogens with zero attached hydrogens (tertiary/aromatic N) is 2. The minimum absolute atomic E-state index is 0.174. The van der Waals surface area contributed by atoms with Crippen LogP contribution in [0.25, 0.3) is 10.9 Å². The molecule has 1 amide bonds. The first-order chi connectivity index (χ1) is 13.0. The van der Waals surface area contributed by atoms with Crippen LogP contribution in [0, 0.1) is 0 Å². The molecule has 0 fully saturated rings. The van der Waals surface area contributed by atoms with Crippen molar-refractivity contribution in [1.82, 2.24) is 14.9 Å². The second-order valence-electron chi connectivity index (χ2n) is 5.82. The Morgan fingerprint density at radius 1 is 1.48 bits per heavy atom. The van der Waals surface area contributed by atoms with Crippen LogP contribution in [0.3, 0.4) is 0 Å². The van der Waals surface area contributed by atoms with Gasteiger partial charge >= 0.3 is 0 Å². The van der Waals surface area contributed by atoms with Gasteiger partial charge in [0.05, 0.1) is 29.0 Å². The first-order valence-electron chi connectivity index (χ1n) is 8.27. The maximum atomic E-state index is 12.8. The lowest BCUT2D eigenvalue weighted by Crippen LogP contribution is -2.31. The van der Waals surface area contributed by atoms with Gasteiger partial charge in [-0.3, -0.25) is 14.2 Å². The molecule has 0 spiro atoms. The predicted molar refractivity (Wildman–Crippen MR) is 107 cm³/mol. The number of halogens is 1. The van der Waals surface area contributed by atoms with E-state index in [9.17, 15) is 9.59 Å². The van der Waals surface area contributed by atoms with Gasteiger partial charge in [-0.2, -0.15) is 0 Å². The molecule has 0 aliphatic carbocycles. The number of fused-ring (bicyclic) bond motifs is 1. The van der Waals surface area contributed by atoms with E-state index < -0.39 is 5.25 Å². The zero-order valence-corrected chi connectivity index (χ0v) is 16.2. The molecule has 0 radical (unpaired) electrons. The van der Waals surface area contributed by atoms with Crippen LogP contribution in [0.4, 0.5) is 0 Å². The zero-order valence-electron chi connectivity index (χ0n) is 14.6. The lowest BCUT2D eigenvalue weighted by Gasteiger charge is -2.15. The Morgan fingerprint density at radius 3 is 3.00 bits per heavy atom. The molecular formula is C19H18ClN3O3S. The largest absolute Gasteiger partial charge is 0.467 e. The molecular weight excluding hydrogens is 386 g/mol. The summed E-state index contributed by atoms with van der Waals surface area (Å²) in [6.07, 6.45) is 3.17. The van der Waals surface area contributed by atoms with Crippen molar-refractivity contribution in [3.8, 4) is 0 Å². The molecule has 0 saturated heterocycles. The number of furan rings is 1. The predicted octanol–water partition coefficient (Wildman–Crippen LogP) is 3.63. The van der Waals surface area contributed by atoms with Crippen LogP contribution in [-0.2, 0) is 17.9 Å². The number of rotatable bonds is 7. The number of carbonyl (C=O) groups is 1. The third kappa shape index (κ3) is 4.43. The summed E-state index contributed by atoms with van der Waals surface area (Å²) in [6.45, 7) is 6.05. The van der Waals surface area contributed by atoms with Crippen molar-refractivity contribution in [2.45, 2.75) is 30.4 Å². The van der Waals surface area contributed by atoms with Crippen molar-refractivity contribution in [3.63, 3.8) is 0 Å². The molecule has 6 nitrogen and oxygen atoms in total. The Hall–Kier alpha value is -2.51. The normalized spacial score (nSPS) is 12.1. The van der Waals surface area contributed by atoms with E-state index in [1.165, 1.54) is 16.3 Å². The molecule has 27 heavy (non-hydrogen) atoms. The smallest absolute Gasteiger partial charge is 0.262 e. The molecule has 1 atom stereocenters. The number of amides is 1. The van der Waals surface area contributed by atoms with Gasteiger partial charge in [0, 0.05) is 11.6 Å². The Bertz CT molecular complexity index is 1030. The van der Waals surface area contributed by atoms with Crippen LogP contribution < -0.4 is 10.9 Å². The minimum atomic E-state index is -0.451. The number of allylic oxidation sites excluding steroid dienone is 1. The summed E-state index contributed by atoms with van der Waals surface area (Å²) in [6, 6.07) is 8.53. The third-order valence-corrected chi connectivity index (χ3v) is 5.19. The summed E-state index contributed by atoms with van der Waals surface area (Å²) in [5, 5.41) is 3.72. The van der Waals surface area contributed by atoms with Crippen LogP contribution in [0.1, 0.15) is 12.7 Å². The molecule has 0 aliphatic rings. The molecule has 0 aliphatic heterocycles. The van der Waals surface area contributed by atoms with Crippen molar-refractivity contribution in [2.24, 2.45) is 0 Å². The molecule has 1 N–H and O–H groups in total. The minimum Gasteiger partial charge on any atom is -0.467 e. The van der Waals surface area contributed by atoms with E-state index in [0.717, 1.165) is 0 Å². The molecule has 0 saturated carbocycles. The second kappa shape index (κ2) is 8.45.